The minimum absolute atomic E-state index is 0.000760. The fraction of sp³-hybridized carbons (Fsp3) is 0.0909. The number of aromatic hydroxyl groups is 1. The van der Waals surface area contributed by atoms with E-state index in [1.54, 1.807) is 0 Å². The van der Waals surface area contributed by atoms with Gasteiger partial charge in [-0.15, -0.1) is 0 Å². The monoisotopic (exact) mass is 478 g/mol. The number of phenols is 1. The second kappa shape index (κ2) is 8.94. The maximum atomic E-state index is 14.5. The second-order valence-corrected chi connectivity index (χ2v) is 9.15. The van der Waals surface area contributed by atoms with Crippen LogP contribution in [0.1, 0.15) is 26.3 Å². The van der Waals surface area contributed by atoms with Crippen LogP contribution in [0.2, 0.25) is 0 Å². The molecule has 3 aromatic rings. The lowest BCUT2D eigenvalue weighted by molar-refractivity contribution is 0.101. The van der Waals surface area contributed by atoms with E-state index in [-0.39, 0.29) is 21.7 Å². The van der Waals surface area contributed by atoms with Crippen molar-refractivity contribution in [1.82, 2.24) is 0 Å². The number of anilines is 2. The molecular weight excluding hydrogens is 461 g/mol. The summed E-state index contributed by atoms with van der Waals surface area (Å²) in [5.74, 6) is -5.49. The number of nitrogens with one attached hydrogen (secondary N) is 2. The van der Waals surface area contributed by atoms with Crippen molar-refractivity contribution in [3.8, 4) is 5.75 Å². The lowest BCUT2D eigenvalue weighted by atomic mass is 10.1. The van der Waals surface area contributed by atoms with Gasteiger partial charge in [0, 0.05) is 30.0 Å². The van der Waals surface area contributed by atoms with Gasteiger partial charge in [0.05, 0.1) is 21.8 Å². The first-order chi connectivity index (χ1) is 15.4. The van der Waals surface area contributed by atoms with Gasteiger partial charge in [0.2, 0.25) is 0 Å². The third-order valence-corrected chi connectivity index (χ3v) is 5.75. The number of amides is 2. The molecule has 0 aliphatic rings. The summed E-state index contributed by atoms with van der Waals surface area (Å²) >= 11 is 0. The Bertz CT molecular complexity index is 1370. The van der Waals surface area contributed by atoms with Crippen molar-refractivity contribution in [1.29, 1.82) is 0 Å². The van der Waals surface area contributed by atoms with Crippen molar-refractivity contribution >= 4 is 33.0 Å². The van der Waals surface area contributed by atoms with E-state index in [0.717, 1.165) is 24.5 Å². The number of aryl methyl sites for hydroxylation is 1. The minimum atomic E-state index is -3.46. The van der Waals surface area contributed by atoms with E-state index in [9.17, 15) is 36.3 Å². The lowest BCUT2D eigenvalue weighted by Gasteiger charge is -2.12. The molecule has 3 N–H and O–H groups in total. The Morgan fingerprint density at radius 2 is 1.42 bits per heavy atom. The Balaban J connectivity index is 1.79. The molecule has 11 heteroatoms. The molecule has 3 rings (SSSR count). The molecule has 0 radical (unpaired) electrons. The first-order valence-electron chi connectivity index (χ1n) is 9.28. The number of hydrogen-bond acceptors (Lipinski definition) is 5. The largest absolute Gasteiger partial charge is 0.506 e. The van der Waals surface area contributed by atoms with E-state index in [1.165, 1.54) is 31.2 Å². The molecule has 0 saturated heterocycles. The maximum Gasteiger partial charge on any atom is 0.258 e. The molecule has 0 fully saturated rings. The molecule has 0 aliphatic carbocycles. The average molecular weight is 478 g/mol. The first kappa shape index (κ1) is 23.8. The van der Waals surface area contributed by atoms with Crippen LogP contribution in [0.3, 0.4) is 0 Å². The molecule has 33 heavy (non-hydrogen) atoms. The molecule has 0 bridgehead atoms. The van der Waals surface area contributed by atoms with E-state index in [1.807, 2.05) is 0 Å². The molecule has 0 saturated carbocycles. The van der Waals surface area contributed by atoms with Gasteiger partial charge in [-0.1, -0.05) is 0 Å². The molecule has 0 atom stereocenters. The summed E-state index contributed by atoms with van der Waals surface area (Å²) in [5, 5.41) is 14.5. The van der Waals surface area contributed by atoms with Crippen molar-refractivity contribution in [3.05, 3.63) is 82.7 Å². The van der Waals surface area contributed by atoms with Crippen LogP contribution in [-0.4, -0.2) is 31.6 Å². The van der Waals surface area contributed by atoms with Gasteiger partial charge in [-0.3, -0.25) is 9.59 Å². The molecule has 2 amide bonds. The van der Waals surface area contributed by atoms with Crippen LogP contribution in [0.15, 0.2) is 53.4 Å². The van der Waals surface area contributed by atoms with Crippen molar-refractivity contribution in [3.63, 3.8) is 0 Å². The van der Waals surface area contributed by atoms with Crippen molar-refractivity contribution in [2.45, 2.75) is 11.8 Å². The first-order valence-corrected chi connectivity index (χ1v) is 11.2. The summed E-state index contributed by atoms with van der Waals surface area (Å²) < 4.78 is 64.8. The Morgan fingerprint density at radius 3 is 2.03 bits per heavy atom. The molecule has 0 aromatic heterocycles. The van der Waals surface area contributed by atoms with Crippen molar-refractivity contribution in [2.24, 2.45) is 0 Å². The average Bonchev–Trinajstić information content (AvgIpc) is 2.73. The zero-order chi connectivity index (χ0) is 24.5. The number of hydrogen-bond donors (Lipinski definition) is 3. The van der Waals surface area contributed by atoms with Crippen LogP contribution in [-0.2, 0) is 9.84 Å². The Hall–Kier alpha value is -3.86. The Kier molecular flexibility index (Phi) is 6.45. The van der Waals surface area contributed by atoms with Gasteiger partial charge in [0.15, 0.2) is 9.84 Å². The molecule has 3 aromatic carbocycles. The quantitative estimate of drug-likeness (QED) is 0.480. The number of carbonyl (C=O) groups is 2. The molecule has 0 heterocycles. The molecule has 172 valence electrons. The summed E-state index contributed by atoms with van der Waals surface area (Å²) in [6.07, 6.45) is 1.01. The van der Waals surface area contributed by atoms with E-state index in [2.05, 4.69) is 10.6 Å². The van der Waals surface area contributed by atoms with Gasteiger partial charge in [-0.2, -0.15) is 0 Å². The standard InChI is InChI=1S/C22H17F3N2O5S/c1-11-7-14(16(24)8-15(11)23)22(30)26-18-10-20(28)19(9-17(18)25)27-21(29)12-3-5-13(6-4-12)33(2,31)32/h3-10,28H,1-2H3,(H,26,30)(H,27,29). The van der Waals surface area contributed by atoms with Crippen LogP contribution in [0.25, 0.3) is 0 Å². The van der Waals surface area contributed by atoms with Gasteiger partial charge < -0.3 is 15.7 Å². The van der Waals surface area contributed by atoms with Gasteiger partial charge in [-0.05, 0) is 42.8 Å². The summed E-state index contributed by atoms with van der Waals surface area (Å²) in [4.78, 5) is 24.6. The predicted molar refractivity (Wildman–Crippen MR) is 115 cm³/mol. The number of halogens is 3. The number of benzene rings is 3. The maximum absolute atomic E-state index is 14.5. The van der Waals surface area contributed by atoms with E-state index >= 15 is 0 Å². The third kappa shape index (κ3) is 5.32. The van der Waals surface area contributed by atoms with Crippen LogP contribution in [0, 0.1) is 24.4 Å². The summed E-state index contributed by atoms with van der Waals surface area (Å²) in [5.41, 5.74) is -1.31. The number of rotatable bonds is 5. The second-order valence-electron chi connectivity index (χ2n) is 7.14. The zero-order valence-electron chi connectivity index (χ0n) is 17.2. The molecular formula is C22H17F3N2O5S. The van der Waals surface area contributed by atoms with Crippen LogP contribution in [0.5, 0.6) is 5.75 Å². The van der Waals surface area contributed by atoms with Crippen molar-refractivity contribution < 1.29 is 36.3 Å². The highest BCUT2D eigenvalue weighted by molar-refractivity contribution is 7.90. The fourth-order valence-electron chi connectivity index (χ4n) is 2.83. The summed E-state index contributed by atoms with van der Waals surface area (Å²) in [6, 6.07) is 7.96. The van der Waals surface area contributed by atoms with Crippen LogP contribution >= 0.6 is 0 Å². The molecule has 0 spiro atoms. The van der Waals surface area contributed by atoms with E-state index in [0.29, 0.717) is 6.07 Å². The normalized spacial score (nSPS) is 11.2. The number of sulfone groups is 1. The highest BCUT2D eigenvalue weighted by Gasteiger charge is 2.19. The Morgan fingerprint density at radius 1 is 0.818 bits per heavy atom. The fourth-order valence-corrected chi connectivity index (χ4v) is 3.46. The van der Waals surface area contributed by atoms with Gasteiger partial charge >= 0.3 is 0 Å². The zero-order valence-corrected chi connectivity index (χ0v) is 18.1. The molecule has 7 nitrogen and oxygen atoms in total. The highest BCUT2D eigenvalue weighted by Crippen LogP contribution is 2.31. The SMILES string of the molecule is Cc1cc(C(=O)Nc2cc(O)c(NC(=O)c3ccc(S(C)(=O)=O)cc3)cc2F)c(F)cc1F. The van der Waals surface area contributed by atoms with E-state index < -0.39 is 56.1 Å². The lowest BCUT2D eigenvalue weighted by Crippen LogP contribution is -2.16. The third-order valence-electron chi connectivity index (χ3n) is 4.62. The molecule has 0 unspecified atom stereocenters. The Labute approximate surface area is 186 Å². The summed E-state index contributed by atoms with van der Waals surface area (Å²) in [7, 11) is -3.46. The van der Waals surface area contributed by atoms with E-state index in [4.69, 9.17) is 0 Å². The number of carbonyl (C=O) groups excluding carboxylic acids is 2. The number of phenolic OH excluding ortho intramolecular Hbond substituents is 1. The van der Waals surface area contributed by atoms with Gasteiger partial charge in [0.1, 0.15) is 23.2 Å². The van der Waals surface area contributed by atoms with Gasteiger partial charge in [-0.25, -0.2) is 21.6 Å². The van der Waals surface area contributed by atoms with Gasteiger partial charge in [0.25, 0.3) is 11.8 Å². The smallest absolute Gasteiger partial charge is 0.258 e. The summed E-state index contributed by atoms with van der Waals surface area (Å²) in [6.45, 7) is 1.32. The molecule has 0 aliphatic heterocycles. The minimum Gasteiger partial charge on any atom is -0.506 e. The van der Waals surface area contributed by atoms with Crippen LogP contribution < -0.4 is 10.6 Å². The predicted octanol–water partition coefficient (Wildman–Crippen LogP) is 4.03. The van der Waals surface area contributed by atoms with Crippen LogP contribution in [0.4, 0.5) is 24.5 Å². The topological polar surface area (TPSA) is 113 Å². The van der Waals surface area contributed by atoms with Crippen molar-refractivity contribution in [2.75, 3.05) is 16.9 Å². The highest BCUT2D eigenvalue weighted by atomic mass is 32.2.